The van der Waals surface area contributed by atoms with Gasteiger partial charge in [-0.05, 0) is 19.3 Å². The van der Waals surface area contributed by atoms with Crippen molar-refractivity contribution in [2.24, 2.45) is 0 Å². The molecule has 0 nitrogen and oxygen atoms in total. The summed E-state index contributed by atoms with van der Waals surface area (Å²) in [5, 5.41) is 0. The molecule has 0 aromatic heterocycles. The van der Waals surface area contributed by atoms with Crippen LogP contribution in [-0.2, 0) is 0 Å². The van der Waals surface area contributed by atoms with Gasteiger partial charge in [0.15, 0.2) is 0 Å². The van der Waals surface area contributed by atoms with Crippen LogP contribution in [0.4, 0.5) is 0 Å². The number of hydrogen-bond donors (Lipinski definition) is 0. The van der Waals surface area contributed by atoms with E-state index >= 15 is 0 Å². The Balaban J connectivity index is 2.68. The highest BCUT2D eigenvalue weighted by Gasteiger charge is 1.75. The average Bonchev–Trinajstić information content (AvgIpc) is 1.69. The molecule has 0 amide bonds. The van der Waals surface area contributed by atoms with Crippen molar-refractivity contribution in [2.45, 2.75) is 6.42 Å². The first-order valence-electron chi connectivity index (χ1n) is 2.30. The van der Waals surface area contributed by atoms with Crippen LogP contribution in [0, 0.1) is 12.8 Å². The Morgan fingerprint density at radius 1 is 1.00 bits per heavy atom. The fraction of sp³-hybridized carbons (Fsp3) is 0.143. The largest absolute Gasteiger partial charge is 0.103 e. The van der Waals surface area contributed by atoms with E-state index in [-0.39, 0.29) is 0 Å². The Bertz CT molecular complexity index is 45.1. The molecule has 0 aromatic carbocycles. The van der Waals surface area contributed by atoms with Crippen molar-refractivity contribution in [1.29, 1.82) is 0 Å². The van der Waals surface area contributed by atoms with E-state index in [4.69, 9.17) is 0 Å². The Morgan fingerprint density at radius 2 is 1.43 bits per heavy atom. The molecule has 2 radical (unpaired) electrons. The smallest absolute Gasteiger partial charge is 0.0167 e. The summed E-state index contributed by atoms with van der Waals surface area (Å²) >= 11 is 0. The first-order valence-corrected chi connectivity index (χ1v) is 2.30. The van der Waals surface area contributed by atoms with Crippen LogP contribution in [-0.4, -0.2) is 0 Å². The minimum atomic E-state index is 0.951. The highest BCUT2D eigenvalue weighted by atomic mass is 13.8. The Morgan fingerprint density at radius 3 is 1.71 bits per heavy atom. The van der Waals surface area contributed by atoms with Gasteiger partial charge in [0.05, 0.1) is 0 Å². The predicted octanol–water partition coefficient (Wildman–Crippen LogP) is 2.16. The lowest BCUT2D eigenvalue weighted by molar-refractivity contribution is 1.21. The summed E-state index contributed by atoms with van der Waals surface area (Å²) < 4.78 is 0. The molecule has 0 aliphatic heterocycles. The van der Waals surface area contributed by atoms with Crippen LogP contribution in [0.2, 0.25) is 0 Å². The molecule has 0 atom stereocenters. The maximum absolute atomic E-state index is 3.52. The molecular formula is C7H10. The molecule has 0 fully saturated rings. The molecule has 0 N–H and O–H groups in total. The lowest BCUT2D eigenvalue weighted by atomic mass is 10.2. The molecule has 38 valence electrons. The number of rotatable bonds is 4. The van der Waals surface area contributed by atoms with E-state index in [9.17, 15) is 0 Å². The minimum Gasteiger partial charge on any atom is -0.103 e. The van der Waals surface area contributed by atoms with E-state index < -0.39 is 0 Å². The molecule has 0 aromatic rings. The molecule has 0 spiro atoms. The van der Waals surface area contributed by atoms with Crippen LogP contribution in [0.1, 0.15) is 6.42 Å². The monoisotopic (exact) mass is 94.1 g/mol. The van der Waals surface area contributed by atoms with Gasteiger partial charge in [-0.1, -0.05) is 12.2 Å². The van der Waals surface area contributed by atoms with Gasteiger partial charge in [0.1, 0.15) is 0 Å². The van der Waals surface area contributed by atoms with Crippen molar-refractivity contribution >= 4 is 0 Å². The molecule has 0 saturated heterocycles. The van der Waals surface area contributed by atoms with Crippen LogP contribution >= 0.6 is 0 Å². The van der Waals surface area contributed by atoms with E-state index in [0.717, 1.165) is 6.42 Å². The predicted molar refractivity (Wildman–Crippen MR) is 33.6 cm³/mol. The van der Waals surface area contributed by atoms with Gasteiger partial charge in [0.2, 0.25) is 0 Å². The Labute approximate surface area is 45.5 Å². The summed E-state index contributed by atoms with van der Waals surface area (Å²) in [4.78, 5) is 0. The van der Waals surface area contributed by atoms with Crippen LogP contribution in [0.25, 0.3) is 0 Å². The average molecular weight is 94.2 g/mol. The topological polar surface area (TPSA) is 0 Å². The van der Waals surface area contributed by atoms with Gasteiger partial charge in [-0.25, -0.2) is 0 Å². The minimum absolute atomic E-state index is 0.951. The molecule has 0 saturated carbocycles. The van der Waals surface area contributed by atoms with Gasteiger partial charge in [0.25, 0.3) is 0 Å². The summed E-state index contributed by atoms with van der Waals surface area (Å²) in [6, 6.07) is 0. The molecule has 0 aliphatic rings. The summed E-state index contributed by atoms with van der Waals surface area (Å²) in [6.45, 7) is 7.05. The lowest BCUT2D eigenvalue weighted by Crippen LogP contribution is -1.67. The summed E-state index contributed by atoms with van der Waals surface area (Å²) in [6.07, 6.45) is 8.45. The number of hydrogen-bond acceptors (Lipinski definition) is 0. The first kappa shape index (κ1) is 6.48. The molecule has 0 aliphatic carbocycles. The van der Waals surface area contributed by atoms with Gasteiger partial charge in [-0.15, -0.1) is 13.2 Å². The number of unbranched alkanes of at least 4 members (excludes halogenated alkanes) is 2. The fourth-order valence-electron chi connectivity index (χ4n) is 0.271. The summed E-state index contributed by atoms with van der Waals surface area (Å²) in [7, 11) is 0. The van der Waals surface area contributed by atoms with Crippen molar-refractivity contribution in [3.8, 4) is 0 Å². The standard InChI is InChI=1S/C7H10/c1-3-5-7-6-4-2/h3-6H,1-2,7H2. The van der Waals surface area contributed by atoms with E-state index in [1.54, 1.807) is 12.2 Å². The summed E-state index contributed by atoms with van der Waals surface area (Å²) in [5.74, 6) is 0. The zero-order valence-electron chi connectivity index (χ0n) is 4.43. The maximum Gasteiger partial charge on any atom is -0.0167 e. The van der Waals surface area contributed by atoms with Crippen LogP contribution < -0.4 is 0 Å². The highest BCUT2D eigenvalue weighted by molar-refractivity contribution is 4.97. The zero-order valence-corrected chi connectivity index (χ0v) is 4.43. The Kier molecular flexibility index (Phi) is 5.07. The van der Waals surface area contributed by atoms with Gasteiger partial charge in [0, 0.05) is 0 Å². The van der Waals surface area contributed by atoms with Crippen LogP contribution in [0.3, 0.4) is 0 Å². The van der Waals surface area contributed by atoms with Crippen molar-refractivity contribution in [3.05, 3.63) is 38.2 Å². The molecule has 7 heavy (non-hydrogen) atoms. The third kappa shape index (κ3) is 5.48. The van der Waals surface area contributed by atoms with Crippen molar-refractivity contribution in [3.63, 3.8) is 0 Å². The van der Waals surface area contributed by atoms with Gasteiger partial charge in [-0.3, -0.25) is 0 Å². The quantitative estimate of drug-likeness (QED) is 0.468. The van der Waals surface area contributed by atoms with Crippen LogP contribution in [0.5, 0.6) is 0 Å². The third-order valence-electron chi connectivity index (χ3n) is 0.605. The normalized spacial score (nSPS) is 8.00. The third-order valence-corrected chi connectivity index (χ3v) is 0.605. The first-order chi connectivity index (χ1) is 3.41. The molecule has 0 bridgehead atoms. The van der Waals surface area contributed by atoms with Gasteiger partial charge >= 0.3 is 0 Å². The molecule has 0 heteroatoms. The van der Waals surface area contributed by atoms with Crippen molar-refractivity contribution < 1.29 is 0 Å². The van der Waals surface area contributed by atoms with E-state index in [0.29, 0.717) is 0 Å². The summed E-state index contributed by atoms with van der Waals surface area (Å²) in [5.41, 5.74) is 0. The van der Waals surface area contributed by atoms with Crippen LogP contribution in [0.15, 0.2) is 25.3 Å². The second-order valence-electron chi connectivity index (χ2n) is 1.18. The molecule has 0 unspecified atom stereocenters. The SMILES string of the molecule is C=C[CH]C[CH]C=C. The fourth-order valence-corrected chi connectivity index (χ4v) is 0.271. The second-order valence-corrected chi connectivity index (χ2v) is 1.18. The second kappa shape index (κ2) is 5.48. The Hall–Kier alpha value is -0.520. The molecule has 0 rings (SSSR count). The highest BCUT2D eigenvalue weighted by Crippen LogP contribution is 1.91. The maximum atomic E-state index is 3.52. The van der Waals surface area contributed by atoms with Gasteiger partial charge in [-0.2, -0.15) is 0 Å². The van der Waals surface area contributed by atoms with Gasteiger partial charge < -0.3 is 0 Å². The van der Waals surface area contributed by atoms with E-state index in [2.05, 4.69) is 13.2 Å². The van der Waals surface area contributed by atoms with E-state index in [1.807, 2.05) is 12.8 Å². The van der Waals surface area contributed by atoms with Crippen molar-refractivity contribution in [2.75, 3.05) is 0 Å². The number of allylic oxidation sites excluding steroid dienone is 2. The van der Waals surface area contributed by atoms with Crippen molar-refractivity contribution in [1.82, 2.24) is 0 Å². The molecule has 0 heterocycles. The zero-order chi connectivity index (χ0) is 5.54. The van der Waals surface area contributed by atoms with E-state index in [1.165, 1.54) is 0 Å². The lowest BCUT2D eigenvalue weighted by Gasteiger charge is -1.83. The molecular weight excluding hydrogens is 84.1 g/mol.